The van der Waals surface area contributed by atoms with E-state index in [0.717, 1.165) is 58.2 Å². The molecule has 1 fully saturated rings. The molecule has 148 valence electrons. The number of rotatable bonds is 14. The molecule has 0 radical (unpaired) electrons. The number of hydrogen-bond donors (Lipinski definition) is 1. The summed E-state index contributed by atoms with van der Waals surface area (Å²) in [4.78, 5) is 14.2. The monoisotopic (exact) mass is 355 g/mol. The van der Waals surface area contributed by atoms with E-state index in [4.69, 9.17) is 4.74 Å². The van der Waals surface area contributed by atoms with E-state index in [2.05, 4.69) is 25.7 Å². The molecule has 1 aliphatic carbocycles. The van der Waals surface area contributed by atoms with Crippen molar-refractivity contribution >= 4 is 5.97 Å². The highest BCUT2D eigenvalue weighted by Crippen LogP contribution is 2.35. The minimum atomic E-state index is -0.0691. The molecule has 0 aromatic heterocycles. The fourth-order valence-electron chi connectivity index (χ4n) is 4.06. The summed E-state index contributed by atoms with van der Waals surface area (Å²) in [7, 11) is 0. The molecule has 1 saturated carbocycles. The van der Waals surface area contributed by atoms with Crippen molar-refractivity contribution < 1.29 is 14.6 Å². The molecule has 1 rings (SSSR count). The Balaban J connectivity index is 1.96. The SMILES string of the molecule is CCCN(CCC)CCOC(=O)CCCCCC[C@@H]1C[C@H](O)CC1C. The Morgan fingerprint density at radius 2 is 1.72 bits per heavy atom. The van der Waals surface area contributed by atoms with E-state index < -0.39 is 0 Å². The first-order valence-electron chi connectivity index (χ1n) is 10.6. The zero-order valence-electron chi connectivity index (χ0n) is 16.8. The summed E-state index contributed by atoms with van der Waals surface area (Å²) in [5.41, 5.74) is 0. The molecular weight excluding hydrogens is 314 g/mol. The largest absolute Gasteiger partial charge is 0.464 e. The van der Waals surface area contributed by atoms with Gasteiger partial charge in [-0.15, -0.1) is 0 Å². The maximum Gasteiger partial charge on any atom is 0.305 e. The van der Waals surface area contributed by atoms with Crippen LogP contribution < -0.4 is 0 Å². The van der Waals surface area contributed by atoms with Crippen LogP contribution in [0.2, 0.25) is 0 Å². The molecule has 4 nitrogen and oxygen atoms in total. The van der Waals surface area contributed by atoms with E-state index in [9.17, 15) is 9.90 Å². The van der Waals surface area contributed by atoms with E-state index >= 15 is 0 Å². The van der Waals surface area contributed by atoms with Crippen LogP contribution in [0.15, 0.2) is 0 Å². The first kappa shape index (κ1) is 22.4. The summed E-state index contributed by atoms with van der Waals surface area (Å²) in [5, 5.41) is 9.68. The van der Waals surface area contributed by atoms with Crippen LogP contribution in [-0.2, 0) is 9.53 Å². The molecule has 0 aromatic carbocycles. The van der Waals surface area contributed by atoms with Crippen LogP contribution >= 0.6 is 0 Å². The first-order chi connectivity index (χ1) is 12.1. The minimum Gasteiger partial charge on any atom is -0.464 e. The van der Waals surface area contributed by atoms with Gasteiger partial charge in [0.2, 0.25) is 0 Å². The molecule has 1 N–H and O–H groups in total. The topological polar surface area (TPSA) is 49.8 Å². The van der Waals surface area contributed by atoms with Gasteiger partial charge in [-0.05, 0) is 57.0 Å². The van der Waals surface area contributed by atoms with Gasteiger partial charge in [-0.2, -0.15) is 0 Å². The maximum absolute atomic E-state index is 11.8. The van der Waals surface area contributed by atoms with Crippen molar-refractivity contribution in [3.8, 4) is 0 Å². The van der Waals surface area contributed by atoms with Crippen molar-refractivity contribution in [3.63, 3.8) is 0 Å². The lowest BCUT2D eigenvalue weighted by Gasteiger charge is -2.20. The second-order valence-electron chi connectivity index (χ2n) is 7.88. The molecule has 1 unspecified atom stereocenters. The second-order valence-corrected chi connectivity index (χ2v) is 7.88. The average molecular weight is 356 g/mol. The van der Waals surface area contributed by atoms with Crippen LogP contribution in [0.3, 0.4) is 0 Å². The molecule has 0 aliphatic heterocycles. The standard InChI is InChI=1S/C21H41NO3/c1-4-12-22(13-5-2)14-15-25-21(24)11-9-7-6-8-10-19-17-20(23)16-18(19)3/h18-20,23H,4-17H2,1-3H3/t18?,19-,20-/m1/s1. The van der Waals surface area contributed by atoms with Gasteiger partial charge in [-0.3, -0.25) is 9.69 Å². The number of aliphatic hydroxyl groups is 1. The number of ether oxygens (including phenoxy) is 1. The highest BCUT2D eigenvalue weighted by Gasteiger charge is 2.29. The molecule has 0 spiro atoms. The maximum atomic E-state index is 11.8. The van der Waals surface area contributed by atoms with E-state index in [1.54, 1.807) is 0 Å². The van der Waals surface area contributed by atoms with Crippen LogP contribution in [0.5, 0.6) is 0 Å². The lowest BCUT2D eigenvalue weighted by Crippen LogP contribution is -2.29. The van der Waals surface area contributed by atoms with Crippen LogP contribution in [0.25, 0.3) is 0 Å². The Morgan fingerprint density at radius 1 is 1.04 bits per heavy atom. The normalized spacial score (nSPS) is 23.3. The van der Waals surface area contributed by atoms with E-state index in [-0.39, 0.29) is 12.1 Å². The summed E-state index contributed by atoms with van der Waals surface area (Å²) in [6.45, 7) is 10.2. The van der Waals surface area contributed by atoms with E-state index in [1.807, 2.05) is 0 Å². The Labute approximate surface area is 155 Å². The van der Waals surface area contributed by atoms with Crippen molar-refractivity contribution in [1.82, 2.24) is 4.90 Å². The molecule has 25 heavy (non-hydrogen) atoms. The molecule has 0 bridgehead atoms. The summed E-state index contributed by atoms with van der Waals surface area (Å²) in [6.07, 6.45) is 10.4. The molecule has 1 aliphatic rings. The van der Waals surface area contributed by atoms with Gasteiger partial charge in [0, 0.05) is 13.0 Å². The molecule has 0 saturated heterocycles. The van der Waals surface area contributed by atoms with Crippen molar-refractivity contribution in [1.29, 1.82) is 0 Å². The summed E-state index contributed by atoms with van der Waals surface area (Å²) < 4.78 is 5.37. The van der Waals surface area contributed by atoms with E-state index in [0.29, 0.717) is 24.9 Å². The van der Waals surface area contributed by atoms with Crippen molar-refractivity contribution in [2.45, 2.75) is 91.1 Å². The zero-order chi connectivity index (χ0) is 18.5. The Bertz CT molecular complexity index is 342. The van der Waals surface area contributed by atoms with Gasteiger partial charge >= 0.3 is 5.97 Å². The average Bonchev–Trinajstić information content (AvgIpc) is 2.88. The Kier molecular flexibility index (Phi) is 12.2. The van der Waals surface area contributed by atoms with Crippen LogP contribution in [0, 0.1) is 11.8 Å². The van der Waals surface area contributed by atoms with Crippen LogP contribution in [0.1, 0.15) is 85.0 Å². The fourth-order valence-corrected chi connectivity index (χ4v) is 4.06. The zero-order valence-corrected chi connectivity index (χ0v) is 16.8. The number of carbonyl (C=O) groups excluding carboxylic acids is 1. The van der Waals surface area contributed by atoms with Gasteiger partial charge in [0.05, 0.1) is 6.10 Å². The third kappa shape index (κ3) is 10.2. The van der Waals surface area contributed by atoms with Gasteiger partial charge < -0.3 is 9.84 Å². The third-order valence-electron chi connectivity index (χ3n) is 5.48. The molecule has 0 aromatic rings. The molecule has 0 heterocycles. The predicted molar refractivity (Wildman–Crippen MR) is 104 cm³/mol. The Morgan fingerprint density at radius 3 is 2.32 bits per heavy atom. The highest BCUT2D eigenvalue weighted by molar-refractivity contribution is 5.69. The summed E-state index contributed by atoms with van der Waals surface area (Å²) in [5.74, 6) is 1.33. The first-order valence-corrected chi connectivity index (χ1v) is 10.6. The van der Waals surface area contributed by atoms with Crippen molar-refractivity contribution in [2.24, 2.45) is 11.8 Å². The lowest BCUT2D eigenvalue weighted by atomic mass is 9.92. The van der Waals surface area contributed by atoms with E-state index in [1.165, 1.54) is 19.3 Å². The number of aliphatic hydroxyl groups excluding tert-OH is 1. The summed E-state index contributed by atoms with van der Waals surface area (Å²) >= 11 is 0. The number of nitrogens with zero attached hydrogens (tertiary/aromatic N) is 1. The van der Waals surface area contributed by atoms with Crippen LogP contribution in [-0.4, -0.2) is 48.3 Å². The van der Waals surface area contributed by atoms with Gasteiger partial charge in [0.15, 0.2) is 0 Å². The quantitative estimate of drug-likeness (QED) is 0.371. The molecule has 4 heteroatoms. The van der Waals surface area contributed by atoms with Crippen molar-refractivity contribution in [3.05, 3.63) is 0 Å². The van der Waals surface area contributed by atoms with Gasteiger partial charge in [-0.1, -0.05) is 46.5 Å². The smallest absolute Gasteiger partial charge is 0.305 e. The van der Waals surface area contributed by atoms with Crippen LogP contribution in [0.4, 0.5) is 0 Å². The predicted octanol–water partition coefficient (Wildman–Crippen LogP) is 4.40. The van der Waals surface area contributed by atoms with Gasteiger partial charge in [0.1, 0.15) is 6.61 Å². The minimum absolute atomic E-state index is 0.0412. The Hall–Kier alpha value is -0.610. The number of carbonyl (C=O) groups is 1. The fraction of sp³-hybridized carbons (Fsp3) is 0.952. The highest BCUT2D eigenvalue weighted by atomic mass is 16.5. The number of unbranched alkanes of at least 4 members (excludes halogenated alkanes) is 3. The number of esters is 1. The molecule has 0 amide bonds. The summed E-state index contributed by atoms with van der Waals surface area (Å²) in [6, 6.07) is 0. The number of hydrogen-bond acceptors (Lipinski definition) is 4. The third-order valence-corrected chi connectivity index (χ3v) is 5.48. The molecular formula is C21H41NO3. The van der Waals surface area contributed by atoms with Crippen molar-refractivity contribution in [2.75, 3.05) is 26.2 Å². The lowest BCUT2D eigenvalue weighted by molar-refractivity contribution is -0.144. The molecule has 3 atom stereocenters. The van der Waals surface area contributed by atoms with Gasteiger partial charge in [-0.25, -0.2) is 0 Å². The van der Waals surface area contributed by atoms with Gasteiger partial charge in [0.25, 0.3) is 0 Å². The second kappa shape index (κ2) is 13.6.